The highest BCUT2D eigenvalue weighted by molar-refractivity contribution is 4.56. The number of nitro groups is 1. The van der Waals surface area contributed by atoms with Gasteiger partial charge >= 0.3 is 0 Å². The second-order valence-corrected chi connectivity index (χ2v) is 1.82. The van der Waals surface area contributed by atoms with Gasteiger partial charge in [0.25, 0.3) is 0 Å². The van der Waals surface area contributed by atoms with Gasteiger partial charge in [0.2, 0.25) is 6.67 Å². The Morgan fingerprint density at radius 3 is 3.00 bits per heavy atom. The fraction of sp³-hybridized carbons (Fsp3) is 0.800. The molecule has 0 aliphatic heterocycles. The molecule has 1 radical (unpaired) electrons. The van der Waals surface area contributed by atoms with Crippen LogP contribution in [0.3, 0.4) is 0 Å². The fourth-order valence-corrected chi connectivity index (χ4v) is 0.459. The lowest BCUT2D eigenvalue weighted by atomic mass is 10.3. The Labute approximate surface area is 64.8 Å². The van der Waals surface area contributed by atoms with Crippen LogP contribution in [0.15, 0.2) is 10.3 Å². The van der Waals surface area contributed by atoms with E-state index in [1.165, 1.54) is 0 Å². The number of nitrogens with one attached hydrogen (secondary N) is 1. The van der Waals surface area contributed by atoms with E-state index in [-0.39, 0.29) is 6.67 Å². The summed E-state index contributed by atoms with van der Waals surface area (Å²) in [6, 6.07) is 0. The van der Waals surface area contributed by atoms with E-state index in [1.54, 1.807) is 0 Å². The van der Waals surface area contributed by atoms with Crippen molar-refractivity contribution in [3.8, 4) is 0 Å². The molecule has 0 amide bonds. The maximum atomic E-state index is 9.60. The van der Waals surface area contributed by atoms with Gasteiger partial charge in [-0.05, 0) is 19.4 Å². The van der Waals surface area contributed by atoms with Crippen molar-refractivity contribution in [1.82, 2.24) is 5.32 Å². The van der Waals surface area contributed by atoms with Crippen LogP contribution < -0.4 is 5.32 Å². The normalized spacial score (nSPS) is 10.6. The molecule has 0 aromatic carbocycles. The second kappa shape index (κ2) is 7.07. The van der Waals surface area contributed by atoms with Crippen LogP contribution in [-0.2, 0) is 0 Å². The molecule has 0 aliphatic carbocycles. The van der Waals surface area contributed by atoms with Gasteiger partial charge in [0.15, 0.2) is 5.22 Å². The second-order valence-electron chi connectivity index (χ2n) is 1.82. The molecular formula is C5H11N4O2. The van der Waals surface area contributed by atoms with Crippen LogP contribution in [0.4, 0.5) is 0 Å². The quantitative estimate of drug-likeness (QED) is 0.269. The van der Waals surface area contributed by atoms with Crippen molar-refractivity contribution in [3.63, 3.8) is 0 Å². The van der Waals surface area contributed by atoms with Crippen molar-refractivity contribution < 1.29 is 5.03 Å². The molecule has 0 rings (SSSR count). The SMILES string of the molecule is C[CH]CCNCN=N[N+](=O)[O-]. The van der Waals surface area contributed by atoms with E-state index in [2.05, 4.69) is 15.7 Å². The minimum absolute atomic E-state index is 0.203. The molecule has 6 heteroatoms. The van der Waals surface area contributed by atoms with Crippen LogP contribution >= 0.6 is 0 Å². The number of unbranched alkanes of at least 4 members (excludes halogenated alkanes) is 1. The molecule has 0 saturated carbocycles. The Hall–Kier alpha value is -1.04. The minimum Gasteiger partial charge on any atom is -0.337 e. The van der Waals surface area contributed by atoms with Crippen molar-refractivity contribution in [2.45, 2.75) is 13.3 Å². The van der Waals surface area contributed by atoms with Crippen LogP contribution in [0.2, 0.25) is 0 Å². The molecule has 0 saturated heterocycles. The molecule has 0 spiro atoms. The third-order valence-corrected chi connectivity index (χ3v) is 0.929. The molecule has 0 aliphatic rings. The highest BCUT2D eigenvalue weighted by Crippen LogP contribution is 1.80. The Morgan fingerprint density at radius 2 is 2.45 bits per heavy atom. The highest BCUT2D eigenvalue weighted by atomic mass is 16.7. The van der Waals surface area contributed by atoms with Gasteiger partial charge in [0.1, 0.15) is 0 Å². The Morgan fingerprint density at radius 1 is 1.73 bits per heavy atom. The molecule has 0 heterocycles. The smallest absolute Gasteiger partial charge is 0.209 e. The average molecular weight is 159 g/mol. The standard InChI is InChI=1S/C5H11N4O2/c1-2-3-4-6-5-7-8-9(10)11/h2,6H,3-5H2,1H3. The van der Waals surface area contributed by atoms with Crippen molar-refractivity contribution >= 4 is 0 Å². The van der Waals surface area contributed by atoms with Crippen LogP contribution in [-0.4, -0.2) is 18.2 Å². The molecule has 0 fully saturated rings. The van der Waals surface area contributed by atoms with Gasteiger partial charge in [-0.15, -0.1) is 0 Å². The number of rotatable bonds is 6. The van der Waals surface area contributed by atoms with Gasteiger partial charge < -0.3 is 10.1 Å². The lowest BCUT2D eigenvalue weighted by molar-refractivity contribution is -0.494. The number of hydrogen-bond donors (Lipinski definition) is 1. The molecule has 11 heavy (non-hydrogen) atoms. The van der Waals surface area contributed by atoms with Gasteiger partial charge in [-0.3, -0.25) is 5.32 Å². The van der Waals surface area contributed by atoms with Crippen molar-refractivity contribution in [2.75, 3.05) is 13.2 Å². The van der Waals surface area contributed by atoms with E-state index >= 15 is 0 Å². The summed E-state index contributed by atoms with van der Waals surface area (Å²) >= 11 is 0. The molecule has 1 N–H and O–H groups in total. The van der Waals surface area contributed by atoms with Gasteiger partial charge in [-0.25, -0.2) is 0 Å². The predicted octanol–water partition coefficient (Wildman–Crippen LogP) is 0.792. The molecule has 0 aromatic heterocycles. The fourth-order valence-electron chi connectivity index (χ4n) is 0.459. The highest BCUT2D eigenvalue weighted by Gasteiger charge is 1.88. The molecule has 63 valence electrons. The Balaban J connectivity index is 3.07. The first-order valence-corrected chi connectivity index (χ1v) is 3.27. The Bertz CT molecular complexity index is 136. The first-order chi connectivity index (χ1) is 5.27. The lowest BCUT2D eigenvalue weighted by Gasteiger charge is -1.92. The van der Waals surface area contributed by atoms with Crippen LogP contribution in [0.1, 0.15) is 13.3 Å². The summed E-state index contributed by atoms with van der Waals surface area (Å²) in [6.45, 7) is 2.92. The Kier molecular flexibility index (Phi) is 6.40. The van der Waals surface area contributed by atoms with Crippen molar-refractivity contribution in [2.24, 2.45) is 10.3 Å². The molecule has 0 atom stereocenters. The summed E-state index contributed by atoms with van der Waals surface area (Å²) in [6.07, 6.45) is 2.92. The molecule has 6 nitrogen and oxygen atoms in total. The first kappa shape index (κ1) is 9.96. The topological polar surface area (TPSA) is 79.9 Å². The summed E-state index contributed by atoms with van der Waals surface area (Å²) in [5.41, 5.74) is 0. The zero-order chi connectivity index (χ0) is 8.53. The van der Waals surface area contributed by atoms with E-state index < -0.39 is 5.03 Å². The molecule has 0 unspecified atom stereocenters. The molecule has 0 bridgehead atoms. The summed E-state index contributed by atoms with van der Waals surface area (Å²) in [4.78, 5) is 9.60. The van der Waals surface area contributed by atoms with Gasteiger partial charge in [0, 0.05) is 0 Å². The summed E-state index contributed by atoms with van der Waals surface area (Å²) in [7, 11) is 0. The zero-order valence-corrected chi connectivity index (χ0v) is 6.36. The molecule has 0 aromatic rings. The monoisotopic (exact) mass is 159 g/mol. The van der Waals surface area contributed by atoms with E-state index in [0.717, 1.165) is 13.0 Å². The van der Waals surface area contributed by atoms with E-state index in [9.17, 15) is 10.1 Å². The average Bonchev–Trinajstić information content (AvgIpc) is 1.96. The maximum absolute atomic E-state index is 9.60. The van der Waals surface area contributed by atoms with Crippen molar-refractivity contribution in [1.29, 1.82) is 0 Å². The first-order valence-electron chi connectivity index (χ1n) is 3.27. The third-order valence-electron chi connectivity index (χ3n) is 0.929. The summed E-state index contributed by atoms with van der Waals surface area (Å²) in [5, 5.41) is 17.6. The van der Waals surface area contributed by atoms with Gasteiger partial charge in [-0.2, -0.15) is 0 Å². The number of hydrogen-bond acceptors (Lipinski definition) is 4. The van der Waals surface area contributed by atoms with E-state index in [0.29, 0.717) is 0 Å². The summed E-state index contributed by atoms with van der Waals surface area (Å²) in [5.74, 6) is 0. The number of nitrogens with zero attached hydrogens (tertiary/aromatic N) is 3. The third kappa shape index (κ3) is 8.96. The zero-order valence-electron chi connectivity index (χ0n) is 6.36. The van der Waals surface area contributed by atoms with Gasteiger partial charge in [-0.1, -0.05) is 6.92 Å². The van der Waals surface area contributed by atoms with Crippen molar-refractivity contribution in [3.05, 3.63) is 16.5 Å². The predicted molar refractivity (Wildman–Crippen MR) is 39.3 cm³/mol. The lowest BCUT2D eigenvalue weighted by Crippen LogP contribution is -2.14. The largest absolute Gasteiger partial charge is 0.337 e. The minimum atomic E-state index is -0.826. The van der Waals surface area contributed by atoms with E-state index in [1.807, 2.05) is 13.3 Å². The van der Waals surface area contributed by atoms with Crippen LogP contribution in [0.5, 0.6) is 0 Å². The van der Waals surface area contributed by atoms with Crippen LogP contribution in [0, 0.1) is 16.5 Å². The van der Waals surface area contributed by atoms with Crippen LogP contribution in [0.25, 0.3) is 0 Å². The van der Waals surface area contributed by atoms with E-state index in [4.69, 9.17) is 0 Å². The van der Waals surface area contributed by atoms with Gasteiger partial charge in [0.05, 0.1) is 10.1 Å². The molecular weight excluding hydrogens is 148 g/mol. The maximum Gasteiger partial charge on any atom is 0.209 e. The summed E-state index contributed by atoms with van der Waals surface area (Å²) < 4.78 is 0.